The van der Waals surface area contributed by atoms with Crippen molar-refractivity contribution < 1.29 is 9.59 Å². The summed E-state index contributed by atoms with van der Waals surface area (Å²) in [5.74, 6) is -0.822. The Morgan fingerprint density at radius 2 is 1.91 bits per heavy atom. The minimum Gasteiger partial charge on any atom is -0.299 e. The van der Waals surface area contributed by atoms with Crippen LogP contribution < -0.4 is 5.32 Å². The predicted molar refractivity (Wildman–Crippen MR) is 38.2 cm³/mol. The van der Waals surface area contributed by atoms with Gasteiger partial charge in [0.15, 0.2) is 6.19 Å². The van der Waals surface area contributed by atoms with E-state index in [9.17, 15) is 9.59 Å². The average molecular weight is 154 g/mol. The van der Waals surface area contributed by atoms with Gasteiger partial charge in [0.25, 0.3) is 0 Å². The van der Waals surface area contributed by atoms with Crippen molar-refractivity contribution in [1.29, 1.82) is 5.26 Å². The minimum absolute atomic E-state index is 0.259. The Kier molecular flexibility index (Phi) is 2.76. The topological polar surface area (TPSA) is 70.0 Å². The summed E-state index contributed by atoms with van der Waals surface area (Å²) in [4.78, 5) is 21.8. The fourth-order valence-electron chi connectivity index (χ4n) is 0.367. The van der Waals surface area contributed by atoms with Crippen LogP contribution in [-0.4, -0.2) is 11.7 Å². The van der Waals surface area contributed by atoms with E-state index >= 15 is 0 Å². The molecule has 1 amide bonds. The highest BCUT2D eigenvalue weighted by atomic mass is 16.2. The van der Waals surface area contributed by atoms with E-state index in [2.05, 4.69) is 0 Å². The van der Waals surface area contributed by atoms with Gasteiger partial charge in [0.05, 0.1) is 0 Å². The molecule has 0 heterocycles. The third kappa shape index (κ3) is 2.04. The lowest BCUT2D eigenvalue weighted by Gasteiger charge is -2.16. The van der Waals surface area contributed by atoms with Crippen LogP contribution in [0.5, 0.6) is 0 Å². The van der Waals surface area contributed by atoms with E-state index in [1.807, 2.05) is 5.32 Å². The lowest BCUT2D eigenvalue weighted by atomic mass is 9.88. The number of carbonyl (C=O) groups is 2. The highest BCUT2D eigenvalue weighted by Gasteiger charge is 2.32. The summed E-state index contributed by atoms with van der Waals surface area (Å²) < 4.78 is 0. The number of hydrogen-bond donors (Lipinski definition) is 1. The van der Waals surface area contributed by atoms with Gasteiger partial charge >= 0.3 is 0 Å². The van der Waals surface area contributed by atoms with Gasteiger partial charge < -0.3 is 0 Å². The number of hydrogen-bond acceptors (Lipinski definition) is 3. The Morgan fingerprint density at radius 1 is 1.45 bits per heavy atom. The molecule has 0 aromatic heterocycles. The van der Waals surface area contributed by atoms with Crippen molar-refractivity contribution in [3.8, 4) is 6.19 Å². The molecule has 0 aromatic carbocycles. The summed E-state index contributed by atoms with van der Waals surface area (Å²) in [5.41, 5.74) is -1.10. The van der Waals surface area contributed by atoms with Crippen LogP contribution in [-0.2, 0) is 9.59 Å². The largest absolute Gasteiger partial charge is 0.299 e. The molecule has 11 heavy (non-hydrogen) atoms. The molecular formula is C7H10N2O2. The number of ketones is 1. The van der Waals surface area contributed by atoms with E-state index in [0.717, 1.165) is 0 Å². The first-order valence-corrected chi connectivity index (χ1v) is 3.13. The molecule has 0 bridgehead atoms. The van der Waals surface area contributed by atoms with Crippen LogP contribution in [0.25, 0.3) is 0 Å². The molecule has 1 N–H and O–H groups in total. The van der Waals surface area contributed by atoms with Crippen molar-refractivity contribution in [3.63, 3.8) is 0 Å². The zero-order valence-corrected chi connectivity index (χ0v) is 6.76. The molecule has 0 aliphatic carbocycles. The molecule has 0 fully saturated rings. The lowest BCUT2D eigenvalue weighted by molar-refractivity contribution is -0.138. The number of carbonyl (C=O) groups excluding carboxylic acids is 2. The van der Waals surface area contributed by atoms with Gasteiger partial charge in [-0.15, -0.1) is 0 Å². The predicted octanol–water partition coefficient (Wildman–Crippen LogP) is 0.199. The fraction of sp³-hybridized carbons (Fsp3) is 0.571. The molecule has 0 saturated carbocycles. The van der Waals surface area contributed by atoms with E-state index in [1.54, 1.807) is 0 Å². The number of nitrogens with one attached hydrogen (secondary N) is 1. The van der Waals surface area contributed by atoms with Crippen LogP contribution in [0.4, 0.5) is 0 Å². The molecule has 0 radical (unpaired) electrons. The van der Waals surface area contributed by atoms with Crippen LogP contribution in [0.15, 0.2) is 0 Å². The Hall–Kier alpha value is -1.37. The smallest absolute Gasteiger partial charge is 0.246 e. The highest BCUT2D eigenvalue weighted by molar-refractivity contribution is 6.04. The average Bonchev–Trinajstić information content (AvgIpc) is 1.88. The van der Waals surface area contributed by atoms with Gasteiger partial charge in [-0.25, -0.2) is 0 Å². The quantitative estimate of drug-likeness (QED) is 0.351. The number of nitrogens with zero attached hydrogens (tertiary/aromatic N) is 1. The van der Waals surface area contributed by atoms with Crippen LogP contribution in [0.3, 0.4) is 0 Å². The Morgan fingerprint density at radius 3 is 2.18 bits per heavy atom. The van der Waals surface area contributed by atoms with Gasteiger partial charge in [-0.1, -0.05) is 0 Å². The summed E-state index contributed by atoms with van der Waals surface area (Å²) in [5, 5.41) is 10.0. The van der Waals surface area contributed by atoms with Crippen LogP contribution in [0.2, 0.25) is 0 Å². The monoisotopic (exact) mass is 154 g/mol. The van der Waals surface area contributed by atoms with Crippen molar-refractivity contribution in [2.45, 2.75) is 20.8 Å². The summed E-state index contributed by atoms with van der Waals surface area (Å²) in [7, 11) is 0. The van der Waals surface area contributed by atoms with Gasteiger partial charge in [0.1, 0.15) is 11.2 Å². The second-order valence-corrected chi connectivity index (χ2v) is 2.75. The van der Waals surface area contributed by atoms with Crippen LogP contribution in [0, 0.1) is 16.9 Å². The molecule has 0 unspecified atom stereocenters. The van der Waals surface area contributed by atoms with Crippen molar-refractivity contribution in [3.05, 3.63) is 0 Å². The van der Waals surface area contributed by atoms with Crippen molar-refractivity contribution >= 4 is 11.7 Å². The minimum atomic E-state index is -1.10. The first-order valence-electron chi connectivity index (χ1n) is 3.13. The van der Waals surface area contributed by atoms with E-state index < -0.39 is 11.3 Å². The first-order chi connectivity index (χ1) is 4.92. The van der Waals surface area contributed by atoms with E-state index in [4.69, 9.17) is 5.26 Å². The van der Waals surface area contributed by atoms with Crippen molar-refractivity contribution in [2.75, 3.05) is 0 Å². The molecule has 4 heteroatoms. The molecule has 0 rings (SSSR count). The van der Waals surface area contributed by atoms with Gasteiger partial charge in [-0.2, -0.15) is 5.26 Å². The summed E-state index contributed by atoms with van der Waals surface area (Å²) >= 11 is 0. The maximum absolute atomic E-state index is 11.0. The van der Waals surface area contributed by atoms with Gasteiger partial charge in [-0.05, 0) is 20.8 Å². The molecule has 0 aliphatic heterocycles. The SMILES string of the molecule is CC(=O)C(C)(C)C(=O)NC#N. The number of Topliss-reactive ketones (excluding diaryl/α,β-unsaturated/α-hetero) is 1. The summed E-state index contributed by atoms with van der Waals surface area (Å²) in [6, 6.07) is 0. The third-order valence-corrected chi connectivity index (χ3v) is 1.62. The van der Waals surface area contributed by atoms with Crippen LogP contribution >= 0.6 is 0 Å². The van der Waals surface area contributed by atoms with Gasteiger partial charge in [0, 0.05) is 0 Å². The van der Waals surface area contributed by atoms with Gasteiger partial charge in [-0.3, -0.25) is 14.9 Å². The number of amides is 1. The first kappa shape index (κ1) is 9.63. The zero-order chi connectivity index (χ0) is 9.07. The molecule has 60 valence electrons. The maximum Gasteiger partial charge on any atom is 0.246 e. The molecule has 4 nitrogen and oxygen atoms in total. The molecular weight excluding hydrogens is 144 g/mol. The Balaban J connectivity index is 4.45. The lowest BCUT2D eigenvalue weighted by Crippen LogP contribution is -2.39. The van der Waals surface area contributed by atoms with Crippen LogP contribution in [0.1, 0.15) is 20.8 Å². The fourth-order valence-corrected chi connectivity index (χ4v) is 0.367. The van der Waals surface area contributed by atoms with Gasteiger partial charge in [0.2, 0.25) is 5.91 Å². The highest BCUT2D eigenvalue weighted by Crippen LogP contribution is 2.15. The molecule has 0 aliphatic rings. The standard InChI is InChI=1S/C7H10N2O2/c1-5(10)7(2,3)6(11)9-4-8/h1-3H3,(H,9,11). The summed E-state index contributed by atoms with van der Waals surface area (Å²) in [6.07, 6.45) is 1.48. The van der Waals surface area contributed by atoms with Crippen molar-refractivity contribution in [2.24, 2.45) is 5.41 Å². The zero-order valence-electron chi connectivity index (χ0n) is 6.76. The number of nitriles is 1. The van der Waals surface area contributed by atoms with E-state index in [1.165, 1.54) is 27.0 Å². The summed E-state index contributed by atoms with van der Waals surface area (Å²) in [6.45, 7) is 4.26. The number of rotatable bonds is 2. The maximum atomic E-state index is 11.0. The molecule has 0 saturated heterocycles. The normalized spacial score (nSPS) is 10.0. The second-order valence-electron chi connectivity index (χ2n) is 2.75. The van der Waals surface area contributed by atoms with E-state index in [-0.39, 0.29) is 5.78 Å². The van der Waals surface area contributed by atoms with Crippen molar-refractivity contribution in [1.82, 2.24) is 5.32 Å². The Bertz CT molecular complexity index is 225. The molecule has 0 atom stereocenters. The van der Waals surface area contributed by atoms with E-state index in [0.29, 0.717) is 0 Å². The third-order valence-electron chi connectivity index (χ3n) is 1.62. The molecule has 0 spiro atoms. The second kappa shape index (κ2) is 3.15. The Labute approximate surface area is 65.2 Å². The molecule has 0 aromatic rings.